The van der Waals surface area contributed by atoms with E-state index >= 15 is 0 Å². The SMILES string of the molecule is CN=C(NCc1cccc(OCc2ccccc2)c1)NCc1ccccn1. The van der Waals surface area contributed by atoms with Gasteiger partial charge in [0.2, 0.25) is 0 Å². The minimum atomic E-state index is 0.561. The summed E-state index contributed by atoms with van der Waals surface area (Å²) in [6.45, 7) is 1.84. The first kappa shape index (κ1) is 18.5. The lowest BCUT2D eigenvalue weighted by molar-refractivity contribution is 0.306. The summed E-state index contributed by atoms with van der Waals surface area (Å²) in [6.07, 6.45) is 1.79. The van der Waals surface area contributed by atoms with Gasteiger partial charge in [-0.2, -0.15) is 0 Å². The fourth-order valence-corrected chi connectivity index (χ4v) is 2.57. The van der Waals surface area contributed by atoms with Gasteiger partial charge in [-0.05, 0) is 35.4 Å². The molecule has 0 atom stereocenters. The number of hydrogen-bond acceptors (Lipinski definition) is 3. The molecule has 0 saturated heterocycles. The Morgan fingerprint density at radius 1 is 0.889 bits per heavy atom. The molecule has 0 fully saturated rings. The Kier molecular flexibility index (Phi) is 6.81. The van der Waals surface area contributed by atoms with Gasteiger partial charge in [0.05, 0.1) is 12.2 Å². The molecule has 0 bridgehead atoms. The van der Waals surface area contributed by atoms with Gasteiger partial charge >= 0.3 is 0 Å². The van der Waals surface area contributed by atoms with Gasteiger partial charge in [-0.15, -0.1) is 0 Å². The minimum absolute atomic E-state index is 0.561. The summed E-state index contributed by atoms with van der Waals surface area (Å²) in [6, 6.07) is 24.1. The lowest BCUT2D eigenvalue weighted by Crippen LogP contribution is -2.36. The lowest BCUT2D eigenvalue weighted by atomic mass is 10.2. The zero-order valence-electron chi connectivity index (χ0n) is 15.4. The molecule has 0 aliphatic heterocycles. The highest BCUT2D eigenvalue weighted by molar-refractivity contribution is 5.79. The molecule has 0 radical (unpaired) electrons. The van der Waals surface area contributed by atoms with Crippen molar-refractivity contribution in [2.75, 3.05) is 7.05 Å². The van der Waals surface area contributed by atoms with Gasteiger partial charge < -0.3 is 15.4 Å². The van der Waals surface area contributed by atoms with Crippen molar-refractivity contribution in [1.29, 1.82) is 0 Å². The Balaban J connectivity index is 1.49. The Labute approximate surface area is 160 Å². The van der Waals surface area contributed by atoms with Crippen molar-refractivity contribution in [2.45, 2.75) is 19.7 Å². The molecular weight excluding hydrogens is 336 g/mol. The molecule has 27 heavy (non-hydrogen) atoms. The summed E-state index contributed by atoms with van der Waals surface area (Å²) in [7, 11) is 1.76. The molecule has 1 aromatic heterocycles. The first-order valence-corrected chi connectivity index (χ1v) is 8.93. The fourth-order valence-electron chi connectivity index (χ4n) is 2.57. The van der Waals surface area contributed by atoms with Crippen LogP contribution in [0.5, 0.6) is 5.75 Å². The van der Waals surface area contributed by atoms with Crippen LogP contribution in [0.2, 0.25) is 0 Å². The summed E-state index contributed by atoms with van der Waals surface area (Å²) in [5.41, 5.74) is 3.25. The maximum absolute atomic E-state index is 5.89. The van der Waals surface area contributed by atoms with E-state index < -0.39 is 0 Å². The first-order chi connectivity index (χ1) is 13.3. The van der Waals surface area contributed by atoms with Gasteiger partial charge in [0.1, 0.15) is 12.4 Å². The Hall–Kier alpha value is -3.34. The van der Waals surface area contributed by atoms with Gasteiger partial charge in [-0.1, -0.05) is 48.5 Å². The predicted molar refractivity (Wildman–Crippen MR) is 108 cm³/mol. The number of guanidine groups is 1. The predicted octanol–water partition coefficient (Wildman–Crippen LogP) is 3.53. The third-order valence-electron chi connectivity index (χ3n) is 3.99. The number of hydrogen-bond donors (Lipinski definition) is 2. The quantitative estimate of drug-likeness (QED) is 0.500. The molecule has 2 N–H and O–H groups in total. The largest absolute Gasteiger partial charge is 0.489 e. The van der Waals surface area contributed by atoms with Gasteiger partial charge in [-0.3, -0.25) is 9.98 Å². The van der Waals surface area contributed by atoms with Gasteiger partial charge in [0, 0.05) is 19.8 Å². The molecule has 3 aromatic rings. The number of ether oxygens (including phenoxy) is 1. The van der Waals surface area contributed by atoms with E-state index in [1.165, 1.54) is 0 Å². The molecule has 0 amide bonds. The van der Waals surface area contributed by atoms with E-state index in [0.29, 0.717) is 19.7 Å². The Bertz CT molecular complexity index is 850. The van der Waals surface area contributed by atoms with Crippen molar-refractivity contribution < 1.29 is 4.74 Å². The summed E-state index contributed by atoms with van der Waals surface area (Å²) in [5, 5.41) is 6.57. The second-order valence-electron chi connectivity index (χ2n) is 6.02. The zero-order chi connectivity index (χ0) is 18.7. The van der Waals surface area contributed by atoms with Crippen molar-refractivity contribution >= 4 is 5.96 Å². The van der Waals surface area contributed by atoms with E-state index in [4.69, 9.17) is 4.74 Å². The molecule has 138 valence electrons. The molecule has 2 aromatic carbocycles. The van der Waals surface area contributed by atoms with Crippen molar-refractivity contribution in [2.24, 2.45) is 4.99 Å². The van der Waals surface area contributed by atoms with Crippen LogP contribution < -0.4 is 15.4 Å². The second-order valence-corrected chi connectivity index (χ2v) is 6.02. The van der Waals surface area contributed by atoms with Crippen molar-refractivity contribution in [3.8, 4) is 5.75 Å². The molecule has 0 aliphatic rings. The van der Waals surface area contributed by atoms with E-state index in [1.807, 2.05) is 54.6 Å². The Morgan fingerprint density at radius 2 is 1.67 bits per heavy atom. The van der Waals surface area contributed by atoms with Gasteiger partial charge in [-0.25, -0.2) is 0 Å². The van der Waals surface area contributed by atoms with Crippen molar-refractivity contribution in [1.82, 2.24) is 15.6 Å². The smallest absolute Gasteiger partial charge is 0.191 e. The number of nitrogens with zero attached hydrogens (tertiary/aromatic N) is 2. The normalized spacial score (nSPS) is 11.1. The highest BCUT2D eigenvalue weighted by atomic mass is 16.5. The molecular formula is C22H24N4O. The average Bonchev–Trinajstić information content (AvgIpc) is 2.74. The standard InChI is InChI=1S/C22H24N4O/c1-23-22(26-16-20-11-5-6-13-24-20)25-15-19-10-7-12-21(14-19)27-17-18-8-3-2-4-9-18/h2-14H,15-17H2,1H3,(H2,23,25,26). The monoisotopic (exact) mass is 360 g/mol. The first-order valence-electron chi connectivity index (χ1n) is 8.93. The number of benzene rings is 2. The Morgan fingerprint density at radius 3 is 2.44 bits per heavy atom. The van der Waals surface area contributed by atoms with Crippen LogP contribution in [-0.4, -0.2) is 18.0 Å². The van der Waals surface area contributed by atoms with E-state index in [9.17, 15) is 0 Å². The van der Waals surface area contributed by atoms with Crippen LogP contribution in [0.3, 0.4) is 0 Å². The summed E-state index contributed by atoms with van der Waals surface area (Å²) >= 11 is 0. The van der Waals surface area contributed by atoms with E-state index in [-0.39, 0.29) is 0 Å². The number of aromatic nitrogens is 1. The maximum atomic E-state index is 5.89. The zero-order valence-corrected chi connectivity index (χ0v) is 15.4. The minimum Gasteiger partial charge on any atom is -0.489 e. The fraction of sp³-hybridized carbons (Fsp3) is 0.182. The van der Waals surface area contributed by atoms with E-state index in [1.54, 1.807) is 13.2 Å². The van der Waals surface area contributed by atoms with E-state index in [0.717, 1.165) is 28.5 Å². The lowest BCUT2D eigenvalue weighted by Gasteiger charge is -2.12. The van der Waals surface area contributed by atoms with Crippen molar-refractivity contribution in [3.05, 3.63) is 95.8 Å². The van der Waals surface area contributed by atoms with Crippen molar-refractivity contribution in [3.63, 3.8) is 0 Å². The molecule has 0 saturated carbocycles. The molecule has 3 rings (SSSR count). The van der Waals surface area contributed by atoms with Gasteiger partial charge in [0.25, 0.3) is 0 Å². The molecule has 0 unspecified atom stereocenters. The molecule has 1 heterocycles. The third-order valence-corrected chi connectivity index (χ3v) is 3.99. The molecule has 5 heteroatoms. The number of rotatable bonds is 7. The molecule has 0 spiro atoms. The van der Waals surface area contributed by atoms with Crippen LogP contribution in [0.25, 0.3) is 0 Å². The summed E-state index contributed by atoms with van der Waals surface area (Å²) < 4.78 is 5.89. The number of pyridine rings is 1. The second kappa shape index (κ2) is 9.97. The summed E-state index contributed by atoms with van der Waals surface area (Å²) in [5.74, 6) is 1.59. The molecule has 5 nitrogen and oxygen atoms in total. The number of nitrogens with one attached hydrogen (secondary N) is 2. The highest BCUT2D eigenvalue weighted by Crippen LogP contribution is 2.15. The van der Waals surface area contributed by atoms with Crippen LogP contribution in [-0.2, 0) is 19.7 Å². The molecule has 0 aliphatic carbocycles. The van der Waals surface area contributed by atoms with Crippen LogP contribution in [0.1, 0.15) is 16.8 Å². The van der Waals surface area contributed by atoms with Crippen LogP contribution in [0, 0.1) is 0 Å². The highest BCUT2D eigenvalue weighted by Gasteiger charge is 2.02. The topological polar surface area (TPSA) is 58.5 Å². The average molecular weight is 360 g/mol. The summed E-state index contributed by atoms with van der Waals surface area (Å²) in [4.78, 5) is 8.55. The van der Waals surface area contributed by atoms with Gasteiger partial charge in [0.15, 0.2) is 5.96 Å². The third kappa shape index (κ3) is 6.15. The number of aliphatic imine (C=N–C) groups is 1. The van der Waals surface area contributed by atoms with Crippen LogP contribution in [0.4, 0.5) is 0 Å². The van der Waals surface area contributed by atoms with Crippen LogP contribution >= 0.6 is 0 Å². The van der Waals surface area contributed by atoms with E-state index in [2.05, 4.69) is 38.8 Å². The maximum Gasteiger partial charge on any atom is 0.191 e. The van der Waals surface area contributed by atoms with Crippen LogP contribution in [0.15, 0.2) is 84.0 Å².